The quantitative estimate of drug-likeness (QED) is 0.184. The number of anilines is 1. The fourth-order valence-electron chi connectivity index (χ4n) is 4.54. The standard InChI is InChI=1S/C28H24F2N8O/c1-2-3-4-21(39)34-18-11-16(12-31-13-18)24-23(30)22-20(14-33-24)37-38-26(22)28-35-25-19(9-10-32-27(25)36-28)15-5-7-17(29)8-6-15/h5-14,21,34,39H,2-4H2,1H3,(H,37,38)(H,32,35,36). The van der Waals surface area contributed by atoms with E-state index in [4.69, 9.17) is 0 Å². The van der Waals surface area contributed by atoms with Crippen molar-refractivity contribution in [3.05, 3.63) is 72.8 Å². The number of imidazole rings is 1. The minimum Gasteiger partial charge on any atom is -0.374 e. The zero-order valence-corrected chi connectivity index (χ0v) is 20.9. The number of nitrogens with one attached hydrogen (secondary N) is 3. The Balaban J connectivity index is 1.40. The van der Waals surface area contributed by atoms with Crippen LogP contribution < -0.4 is 5.32 Å². The topological polar surface area (TPSA) is 128 Å². The summed E-state index contributed by atoms with van der Waals surface area (Å²) in [7, 11) is 0. The number of aliphatic hydroxyl groups is 1. The molecule has 196 valence electrons. The van der Waals surface area contributed by atoms with Crippen molar-refractivity contribution in [1.29, 1.82) is 0 Å². The summed E-state index contributed by atoms with van der Waals surface area (Å²) in [5, 5.41) is 20.6. The molecule has 11 heteroatoms. The third-order valence-corrected chi connectivity index (χ3v) is 6.48. The third-order valence-electron chi connectivity index (χ3n) is 6.48. The van der Waals surface area contributed by atoms with E-state index < -0.39 is 12.0 Å². The number of hydrogen-bond acceptors (Lipinski definition) is 7. The van der Waals surface area contributed by atoms with Gasteiger partial charge in [0.25, 0.3) is 0 Å². The number of aromatic nitrogens is 7. The number of rotatable bonds is 8. The lowest BCUT2D eigenvalue weighted by Gasteiger charge is -2.14. The molecule has 1 atom stereocenters. The van der Waals surface area contributed by atoms with E-state index in [0.717, 1.165) is 24.0 Å². The molecule has 1 aromatic carbocycles. The fourth-order valence-corrected chi connectivity index (χ4v) is 4.54. The first kappa shape index (κ1) is 24.6. The number of halogens is 2. The molecule has 0 aliphatic rings. The number of fused-ring (bicyclic) bond motifs is 2. The van der Waals surface area contributed by atoms with Crippen molar-refractivity contribution in [3.63, 3.8) is 0 Å². The molecule has 0 spiro atoms. The Hall–Kier alpha value is -4.77. The van der Waals surface area contributed by atoms with Crippen LogP contribution in [0.15, 0.2) is 61.2 Å². The van der Waals surface area contributed by atoms with Crippen molar-refractivity contribution in [2.75, 3.05) is 5.32 Å². The van der Waals surface area contributed by atoms with Gasteiger partial charge >= 0.3 is 0 Å². The van der Waals surface area contributed by atoms with Crippen molar-refractivity contribution >= 4 is 27.8 Å². The molecule has 0 radical (unpaired) electrons. The van der Waals surface area contributed by atoms with Crippen molar-refractivity contribution in [1.82, 2.24) is 35.1 Å². The Morgan fingerprint density at radius 1 is 1.00 bits per heavy atom. The van der Waals surface area contributed by atoms with Gasteiger partial charge in [0.05, 0.1) is 29.0 Å². The van der Waals surface area contributed by atoms with Gasteiger partial charge in [-0.25, -0.2) is 18.7 Å². The predicted octanol–water partition coefficient (Wildman–Crippen LogP) is 5.82. The van der Waals surface area contributed by atoms with E-state index in [0.29, 0.717) is 40.2 Å². The third kappa shape index (κ3) is 4.68. The normalized spacial score (nSPS) is 12.3. The average Bonchev–Trinajstić information content (AvgIpc) is 3.57. The lowest BCUT2D eigenvalue weighted by Crippen LogP contribution is -2.18. The number of aromatic amines is 2. The predicted molar refractivity (Wildman–Crippen MR) is 145 cm³/mol. The highest BCUT2D eigenvalue weighted by Crippen LogP contribution is 2.34. The maximum atomic E-state index is 16.0. The molecule has 0 saturated heterocycles. The molecule has 9 nitrogen and oxygen atoms in total. The lowest BCUT2D eigenvalue weighted by molar-refractivity contribution is 0.190. The highest BCUT2D eigenvalue weighted by molar-refractivity contribution is 5.97. The summed E-state index contributed by atoms with van der Waals surface area (Å²) in [5.41, 5.74) is 4.32. The van der Waals surface area contributed by atoms with Crippen molar-refractivity contribution in [2.45, 2.75) is 32.4 Å². The second kappa shape index (κ2) is 10.2. The monoisotopic (exact) mass is 526 g/mol. The molecule has 5 aromatic heterocycles. The number of H-pyrrole nitrogens is 2. The summed E-state index contributed by atoms with van der Waals surface area (Å²) in [6.07, 6.45) is 7.91. The van der Waals surface area contributed by atoms with Crippen LogP contribution in [0.3, 0.4) is 0 Å². The first-order valence-corrected chi connectivity index (χ1v) is 12.6. The summed E-state index contributed by atoms with van der Waals surface area (Å²) in [5.74, 6) is -0.602. The zero-order chi connectivity index (χ0) is 26.9. The number of aliphatic hydroxyl groups excluding tert-OH is 1. The molecule has 0 amide bonds. The van der Waals surface area contributed by atoms with Gasteiger partial charge in [-0.15, -0.1) is 0 Å². The molecule has 6 rings (SSSR count). The summed E-state index contributed by atoms with van der Waals surface area (Å²) in [6.45, 7) is 2.05. The first-order chi connectivity index (χ1) is 19.0. The Bertz CT molecular complexity index is 1780. The van der Waals surface area contributed by atoms with Crippen molar-refractivity contribution in [2.24, 2.45) is 0 Å². The van der Waals surface area contributed by atoms with Gasteiger partial charge in [0.1, 0.15) is 28.9 Å². The number of benzene rings is 1. The number of hydrogen-bond donors (Lipinski definition) is 4. The maximum Gasteiger partial charge on any atom is 0.161 e. The molecule has 0 aliphatic heterocycles. The second-order valence-corrected chi connectivity index (χ2v) is 9.19. The minimum absolute atomic E-state index is 0.0885. The molecular formula is C28H24F2N8O. The molecule has 1 unspecified atom stereocenters. The van der Waals surface area contributed by atoms with Crippen LogP contribution in [0, 0.1) is 11.6 Å². The highest BCUT2D eigenvalue weighted by atomic mass is 19.1. The van der Waals surface area contributed by atoms with Crippen LogP contribution in [0.1, 0.15) is 26.2 Å². The molecule has 6 aromatic rings. The second-order valence-electron chi connectivity index (χ2n) is 9.19. The molecular weight excluding hydrogens is 502 g/mol. The van der Waals surface area contributed by atoms with Crippen LogP contribution in [0.25, 0.3) is 56.0 Å². The molecule has 4 N–H and O–H groups in total. The van der Waals surface area contributed by atoms with Gasteiger partial charge in [0.2, 0.25) is 0 Å². The number of nitrogens with zero attached hydrogens (tertiary/aromatic N) is 5. The highest BCUT2D eigenvalue weighted by Gasteiger charge is 2.22. The van der Waals surface area contributed by atoms with Gasteiger partial charge in [-0.05, 0) is 42.7 Å². The molecule has 5 heterocycles. The van der Waals surface area contributed by atoms with Crippen LogP contribution in [-0.2, 0) is 0 Å². The summed E-state index contributed by atoms with van der Waals surface area (Å²) in [4.78, 5) is 20.7. The van der Waals surface area contributed by atoms with Crippen LogP contribution >= 0.6 is 0 Å². The smallest absolute Gasteiger partial charge is 0.161 e. The Labute approximate surface area is 221 Å². The average molecular weight is 527 g/mol. The van der Waals surface area contributed by atoms with Crippen LogP contribution in [0.4, 0.5) is 14.5 Å². The summed E-state index contributed by atoms with van der Waals surface area (Å²) in [6, 6.07) is 9.58. The van der Waals surface area contributed by atoms with E-state index in [9.17, 15) is 9.50 Å². The van der Waals surface area contributed by atoms with Crippen LogP contribution in [0.5, 0.6) is 0 Å². The maximum absolute atomic E-state index is 16.0. The van der Waals surface area contributed by atoms with Gasteiger partial charge in [-0.3, -0.25) is 15.1 Å². The van der Waals surface area contributed by atoms with Crippen molar-refractivity contribution < 1.29 is 13.9 Å². The SMILES string of the molecule is CCCCC(O)Nc1cncc(-c2ncc3[nH]nc(-c4nc5c(-c6ccc(F)cc6)ccnc5[nH]4)c3c2F)c1. The van der Waals surface area contributed by atoms with E-state index in [-0.39, 0.29) is 22.6 Å². The largest absolute Gasteiger partial charge is 0.374 e. The van der Waals surface area contributed by atoms with E-state index in [1.807, 2.05) is 0 Å². The fraction of sp³-hybridized carbons (Fsp3) is 0.179. The molecule has 39 heavy (non-hydrogen) atoms. The van der Waals surface area contributed by atoms with Gasteiger partial charge in [-0.1, -0.05) is 25.5 Å². The van der Waals surface area contributed by atoms with E-state index in [2.05, 4.69) is 47.4 Å². The minimum atomic E-state index is -0.732. The summed E-state index contributed by atoms with van der Waals surface area (Å²) < 4.78 is 29.5. The van der Waals surface area contributed by atoms with Gasteiger partial charge < -0.3 is 15.4 Å². The van der Waals surface area contributed by atoms with Gasteiger partial charge in [0, 0.05) is 23.5 Å². The molecule has 0 fully saturated rings. The van der Waals surface area contributed by atoms with E-state index in [1.165, 1.54) is 24.5 Å². The van der Waals surface area contributed by atoms with Crippen molar-refractivity contribution in [3.8, 4) is 33.9 Å². The Morgan fingerprint density at radius 2 is 1.85 bits per heavy atom. The molecule has 0 bridgehead atoms. The number of pyridine rings is 3. The molecule has 0 saturated carbocycles. The van der Waals surface area contributed by atoms with Crippen LogP contribution in [0.2, 0.25) is 0 Å². The Kier molecular flexibility index (Phi) is 6.41. The van der Waals surface area contributed by atoms with Gasteiger partial charge in [0.15, 0.2) is 17.3 Å². The Morgan fingerprint density at radius 3 is 2.67 bits per heavy atom. The first-order valence-electron chi connectivity index (χ1n) is 12.6. The van der Waals surface area contributed by atoms with E-state index >= 15 is 4.39 Å². The zero-order valence-electron chi connectivity index (χ0n) is 20.9. The summed E-state index contributed by atoms with van der Waals surface area (Å²) >= 11 is 0. The van der Waals surface area contributed by atoms with Gasteiger partial charge in [-0.2, -0.15) is 5.10 Å². The van der Waals surface area contributed by atoms with E-state index in [1.54, 1.807) is 36.7 Å². The molecule has 0 aliphatic carbocycles. The van der Waals surface area contributed by atoms with Crippen LogP contribution in [-0.4, -0.2) is 46.5 Å². The number of unbranched alkanes of at least 4 members (excludes halogenated alkanes) is 1. The lowest BCUT2D eigenvalue weighted by atomic mass is 10.1.